The van der Waals surface area contributed by atoms with Crippen LogP contribution >= 0.6 is 15.9 Å². The molecule has 1 rings (SSSR count). The molecule has 0 radical (unpaired) electrons. The van der Waals surface area contributed by atoms with Crippen molar-refractivity contribution < 1.29 is 14.7 Å². The molecule has 1 aromatic rings. The first-order valence-electron chi connectivity index (χ1n) is 6.76. The standard InChI is InChI=1S/C15H21BrN2O3/c1-10(2)7-17-14(19)9-18(3)8-12-5-4-11(15(20)21)6-13(12)16/h4-6,10H,7-9H2,1-3H3,(H,17,19)(H,20,21). The number of nitrogens with one attached hydrogen (secondary N) is 1. The van der Waals surface area contributed by atoms with Gasteiger partial charge >= 0.3 is 5.97 Å². The van der Waals surface area contributed by atoms with Crippen LogP contribution in [-0.4, -0.2) is 42.0 Å². The molecule has 0 saturated heterocycles. The van der Waals surface area contributed by atoms with Crippen LogP contribution in [0.25, 0.3) is 0 Å². The average Bonchev–Trinajstić information content (AvgIpc) is 2.38. The number of carboxylic acid groups (broad SMARTS) is 1. The Kier molecular flexibility index (Phi) is 6.84. The molecule has 116 valence electrons. The predicted molar refractivity (Wildman–Crippen MR) is 85.3 cm³/mol. The summed E-state index contributed by atoms with van der Waals surface area (Å²) in [6.07, 6.45) is 0. The summed E-state index contributed by atoms with van der Waals surface area (Å²) in [6.45, 7) is 5.63. The smallest absolute Gasteiger partial charge is 0.335 e. The first-order chi connectivity index (χ1) is 9.79. The highest BCUT2D eigenvalue weighted by molar-refractivity contribution is 9.10. The van der Waals surface area contributed by atoms with Gasteiger partial charge in [-0.25, -0.2) is 4.79 Å². The molecule has 0 atom stereocenters. The Morgan fingerprint density at radius 3 is 2.57 bits per heavy atom. The van der Waals surface area contributed by atoms with Gasteiger partial charge in [0.05, 0.1) is 12.1 Å². The zero-order valence-corrected chi connectivity index (χ0v) is 14.1. The Balaban J connectivity index is 2.56. The predicted octanol–water partition coefficient (Wildman–Crippen LogP) is 2.35. The normalized spacial score (nSPS) is 11.0. The molecule has 1 aromatic carbocycles. The lowest BCUT2D eigenvalue weighted by molar-refractivity contribution is -0.122. The molecule has 0 aromatic heterocycles. The van der Waals surface area contributed by atoms with Gasteiger partial charge < -0.3 is 10.4 Å². The third-order valence-electron chi connectivity index (χ3n) is 2.86. The Hall–Kier alpha value is -1.40. The highest BCUT2D eigenvalue weighted by Crippen LogP contribution is 2.20. The fourth-order valence-corrected chi connectivity index (χ4v) is 2.28. The summed E-state index contributed by atoms with van der Waals surface area (Å²) in [4.78, 5) is 24.5. The van der Waals surface area contributed by atoms with Crippen molar-refractivity contribution in [3.8, 4) is 0 Å². The fourth-order valence-electron chi connectivity index (χ4n) is 1.77. The van der Waals surface area contributed by atoms with Crippen molar-refractivity contribution in [1.82, 2.24) is 10.2 Å². The molecule has 0 spiro atoms. The van der Waals surface area contributed by atoms with Crippen LogP contribution in [0, 0.1) is 5.92 Å². The van der Waals surface area contributed by atoms with Gasteiger partial charge in [-0.2, -0.15) is 0 Å². The number of nitrogens with zero attached hydrogens (tertiary/aromatic N) is 1. The van der Waals surface area contributed by atoms with E-state index in [4.69, 9.17) is 5.11 Å². The lowest BCUT2D eigenvalue weighted by Gasteiger charge is -2.18. The van der Waals surface area contributed by atoms with Crippen molar-refractivity contribution in [2.24, 2.45) is 5.92 Å². The number of amides is 1. The second-order valence-corrected chi connectivity index (χ2v) is 6.34. The molecule has 0 aliphatic heterocycles. The number of halogens is 1. The highest BCUT2D eigenvalue weighted by Gasteiger charge is 2.11. The summed E-state index contributed by atoms with van der Waals surface area (Å²) >= 11 is 3.37. The average molecular weight is 357 g/mol. The van der Waals surface area contributed by atoms with Gasteiger partial charge in [0.1, 0.15) is 0 Å². The van der Waals surface area contributed by atoms with Gasteiger partial charge in [-0.15, -0.1) is 0 Å². The number of likely N-dealkylation sites (N-methyl/N-ethyl adjacent to an activating group) is 1. The summed E-state index contributed by atoms with van der Waals surface area (Å²) in [6, 6.07) is 4.90. The van der Waals surface area contributed by atoms with Crippen LogP contribution in [0.15, 0.2) is 22.7 Å². The number of carbonyl (C=O) groups excluding carboxylic acids is 1. The maximum absolute atomic E-state index is 11.7. The minimum atomic E-state index is -0.955. The number of rotatable bonds is 7. The molecular formula is C15H21BrN2O3. The molecule has 2 N–H and O–H groups in total. The maximum atomic E-state index is 11.7. The van der Waals surface area contributed by atoms with E-state index in [1.807, 2.05) is 25.8 Å². The number of aromatic carboxylic acids is 1. The maximum Gasteiger partial charge on any atom is 0.335 e. The van der Waals surface area contributed by atoms with E-state index < -0.39 is 5.97 Å². The highest BCUT2D eigenvalue weighted by atomic mass is 79.9. The molecule has 0 bridgehead atoms. The van der Waals surface area contributed by atoms with Crippen molar-refractivity contribution in [2.45, 2.75) is 20.4 Å². The SMILES string of the molecule is CC(C)CNC(=O)CN(C)Cc1ccc(C(=O)O)cc1Br. The largest absolute Gasteiger partial charge is 0.478 e. The van der Waals surface area contributed by atoms with Crippen LogP contribution in [-0.2, 0) is 11.3 Å². The number of carboxylic acids is 1. The third-order valence-corrected chi connectivity index (χ3v) is 3.60. The molecule has 0 heterocycles. The van der Waals surface area contributed by atoms with Gasteiger partial charge in [0.2, 0.25) is 5.91 Å². The van der Waals surface area contributed by atoms with Gasteiger partial charge in [-0.1, -0.05) is 35.8 Å². The van der Waals surface area contributed by atoms with E-state index >= 15 is 0 Å². The summed E-state index contributed by atoms with van der Waals surface area (Å²) < 4.78 is 0.733. The van der Waals surface area contributed by atoms with Crippen LogP contribution in [0.5, 0.6) is 0 Å². The quantitative estimate of drug-likeness (QED) is 0.786. The summed E-state index contributed by atoms with van der Waals surface area (Å²) in [5, 5.41) is 11.8. The molecule has 5 nitrogen and oxygen atoms in total. The molecular weight excluding hydrogens is 336 g/mol. The topological polar surface area (TPSA) is 69.6 Å². The van der Waals surface area contributed by atoms with Gasteiger partial charge in [0.15, 0.2) is 0 Å². The molecule has 1 amide bonds. The Morgan fingerprint density at radius 1 is 1.38 bits per heavy atom. The van der Waals surface area contributed by atoms with E-state index in [1.54, 1.807) is 18.2 Å². The van der Waals surface area contributed by atoms with E-state index in [1.165, 1.54) is 0 Å². The molecule has 0 aliphatic carbocycles. The van der Waals surface area contributed by atoms with E-state index in [0.29, 0.717) is 25.6 Å². The Morgan fingerprint density at radius 2 is 2.05 bits per heavy atom. The second kappa shape index (κ2) is 8.14. The molecule has 0 unspecified atom stereocenters. The first-order valence-corrected chi connectivity index (χ1v) is 7.56. The van der Waals surface area contributed by atoms with Crippen molar-refractivity contribution >= 4 is 27.8 Å². The van der Waals surface area contributed by atoms with Crippen LogP contribution in [0.3, 0.4) is 0 Å². The third kappa shape index (κ3) is 6.27. The number of hydrogen-bond donors (Lipinski definition) is 2. The van der Waals surface area contributed by atoms with Crippen LogP contribution in [0.4, 0.5) is 0 Å². The van der Waals surface area contributed by atoms with E-state index in [2.05, 4.69) is 21.2 Å². The Bertz CT molecular complexity index is 518. The molecule has 21 heavy (non-hydrogen) atoms. The summed E-state index contributed by atoms with van der Waals surface area (Å²) in [5.74, 6) is -0.537. The number of benzene rings is 1. The van der Waals surface area contributed by atoms with Gasteiger partial charge in [0.25, 0.3) is 0 Å². The number of hydrogen-bond acceptors (Lipinski definition) is 3. The summed E-state index contributed by atoms with van der Waals surface area (Å²) in [5.41, 5.74) is 1.18. The van der Waals surface area contributed by atoms with Crippen LogP contribution in [0.2, 0.25) is 0 Å². The van der Waals surface area contributed by atoms with E-state index in [9.17, 15) is 9.59 Å². The molecule has 0 aliphatic rings. The molecule has 0 saturated carbocycles. The van der Waals surface area contributed by atoms with Crippen molar-refractivity contribution in [3.63, 3.8) is 0 Å². The lowest BCUT2D eigenvalue weighted by atomic mass is 10.1. The van der Waals surface area contributed by atoms with E-state index in [-0.39, 0.29) is 11.5 Å². The minimum Gasteiger partial charge on any atom is -0.478 e. The van der Waals surface area contributed by atoms with Gasteiger partial charge in [-0.3, -0.25) is 9.69 Å². The van der Waals surface area contributed by atoms with Crippen molar-refractivity contribution in [3.05, 3.63) is 33.8 Å². The Labute approximate surface area is 133 Å². The zero-order chi connectivity index (χ0) is 16.0. The molecule has 6 heteroatoms. The molecule has 0 fully saturated rings. The fraction of sp³-hybridized carbons (Fsp3) is 0.467. The van der Waals surface area contributed by atoms with E-state index in [0.717, 1.165) is 10.0 Å². The van der Waals surface area contributed by atoms with Gasteiger partial charge in [0, 0.05) is 17.6 Å². The van der Waals surface area contributed by atoms with Crippen molar-refractivity contribution in [1.29, 1.82) is 0 Å². The van der Waals surface area contributed by atoms with Gasteiger partial charge in [-0.05, 0) is 30.7 Å². The second-order valence-electron chi connectivity index (χ2n) is 5.48. The minimum absolute atomic E-state index is 0.00974. The lowest BCUT2D eigenvalue weighted by Crippen LogP contribution is -2.36. The monoisotopic (exact) mass is 356 g/mol. The first kappa shape index (κ1) is 17.7. The summed E-state index contributed by atoms with van der Waals surface area (Å²) in [7, 11) is 1.85. The van der Waals surface area contributed by atoms with Crippen LogP contribution in [0.1, 0.15) is 29.8 Å². The van der Waals surface area contributed by atoms with Crippen molar-refractivity contribution in [2.75, 3.05) is 20.1 Å². The van der Waals surface area contributed by atoms with Crippen LogP contribution < -0.4 is 5.32 Å². The zero-order valence-electron chi connectivity index (χ0n) is 12.5. The number of carbonyl (C=O) groups is 2.